The third-order valence-electron chi connectivity index (χ3n) is 13.8. The van der Waals surface area contributed by atoms with Gasteiger partial charge in [-0.3, -0.25) is 24.4 Å². The Kier molecular flexibility index (Phi) is 14.8. The number of likely N-dealkylation sites (tertiary alicyclic amines) is 1. The molecule has 3 amide bonds. The molecule has 2 fully saturated rings. The Bertz CT molecular complexity index is 2460. The second-order valence-electron chi connectivity index (χ2n) is 19.8. The first-order valence-electron chi connectivity index (χ1n) is 23.7. The van der Waals surface area contributed by atoms with E-state index in [-0.39, 0.29) is 49.8 Å². The number of nitrogens with zero attached hydrogens (tertiary/aromatic N) is 6. The molecule has 0 radical (unpaired) electrons. The first-order valence-corrected chi connectivity index (χ1v) is 23.7. The number of likely N-dealkylation sites (N-methyl/N-ethyl adjacent to an activating group) is 1. The fourth-order valence-electron chi connectivity index (χ4n) is 10.4. The summed E-state index contributed by atoms with van der Waals surface area (Å²) >= 11 is 0. The Balaban J connectivity index is 1.31. The van der Waals surface area contributed by atoms with Gasteiger partial charge in [-0.25, -0.2) is 10.2 Å². The number of amides is 3. The Morgan fingerprint density at radius 3 is 2.57 bits per heavy atom. The number of aryl methyl sites for hydroxylation is 1. The van der Waals surface area contributed by atoms with Gasteiger partial charge in [-0.05, 0) is 98.4 Å². The van der Waals surface area contributed by atoms with Crippen molar-refractivity contribution in [3.63, 3.8) is 0 Å². The third kappa shape index (κ3) is 10.2. The number of ether oxygens (including phenoxy) is 3. The molecule has 0 spiro atoms. The Hall–Kier alpha value is -5.81. The van der Waals surface area contributed by atoms with E-state index in [1.54, 1.807) is 26.3 Å². The van der Waals surface area contributed by atoms with Crippen LogP contribution in [0.3, 0.4) is 0 Å². The number of hydrazine groups is 2. The molecule has 362 valence electrons. The normalized spacial score (nSPS) is 23.2. The molecular formula is C50H69N8O9+. The van der Waals surface area contributed by atoms with Gasteiger partial charge in [0.25, 0.3) is 11.9 Å². The van der Waals surface area contributed by atoms with Crippen LogP contribution in [0.2, 0.25) is 0 Å². The van der Waals surface area contributed by atoms with Gasteiger partial charge >= 0.3 is 12.1 Å². The number of phenols is 1. The number of carbonyl (C=O) groups excluding carboxylic acids is 4. The molecule has 3 aromatic rings. The monoisotopic (exact) mass is 926 g/mol. The highest BCUT2D eigenvalue weighted by Crippen LogP contribution is 2.42. The summed E-state index contributed by atoms with van der Waals surface area (Å²) in [4.78, 5) is 76.7. The molecule has 0 aliphatic carbocycles. The summed E-state index contributed by atoms with van der Waals surface area (Å²) in [5, 5.41) is 18.1. The smallest absolute Gasteiger partial charge is 0.409 e. The zero-order valence-electron chi connectivity index (χ0n) is 40.8. The predicted octanol–water partition coefficient (Wildman–Crippen LogP) is 6.03. The number of aliphatic imine (C=N–C) groups is 1. The SMILES string of the molecule is CCn1c(C2=C([C@H](C)OC)N=CCC2)c2c3cc(ccc31)-c1cc(O)cc(c1)C[C@H](NC(=O)[C@H](C(C)C)N(C)[N+](=O)[C@@H]1CN(C(=O)OC)C[C@@H]1C)C(=O)N1CCC[C@H](N1)C(=O)OCC(C)(C)C2. The lowest BCUT2D eigenvalue weighted by atomic mass is 9.83. The molecule has 1 aromatic heterocycles. The summed E-state index contributed by atoms with van der Waals surface area (Å²) in [6.45, 7) is 15.4. The molecule has 2 saturated heterocycles. The van der Waals surface area contributed by atoms with Crippen LogP contribution in [0, 0.1) is 22.2 Å². The molecule has 7 rings (SSSR count). The maximum absolute atomic E-state index is 14.7. The van der Waals surface area contributed by atoms with Crippen molar-refractivity contribution >= 4 is 46.6 Å². The van der Waals surface area contributed by atoms with Gasteiger partial charge in [0, 0.05) is 67.2 Å². The number of nitroso groups, excluding NO2 is 1. The number of hydrogen-bond donors (Lipinski definition) is 3. The summed E-state index contributed by atoms with van der Waals surface area (Å²) < 4.78 is 19.2. The number of carbonyl (C=O) groups is 4. The Morgan fingerprint density at radius 1 is 1.10 bits per heavy atom. The number of hydrogen-bond acceptors (Lipinski definition) is 11. The number of esters is 1. The molecule has 6 bridgehead atoms. The van der Waals surface area contributed by atoms with E-state index in [2.05, 4.69) is 48.2 Å². The highest BCUT2D eigenvalue weighted by Gasteiger charge is 2.48. The second-order valence-corrected chi connectivity index (χ2v) is 19.8. The number of aromatic nitrogens is 1. The standard InChI is InChI=1S/C50H68N8O9/c1-11-56-41-17-16-33-24-37(41)38(45(56)36-14-12-18-51-43(36)31(5)65-9)25-50(6,7)28-67-48(62)39-15-13-19-57(53-39)47(61)40(22-32-20-34(33)23-35(59)21-32)52-46(60)44(29(2)3)54(8)58(64)42-27-55(26-30(42)4)49(63)66-10/h16-18,20-21,23-24,29-31,39-40,42,44,53H,11-15,19,22,25-28H2,1-10H3,(H-,52,59,60)/p+1/t30-,31-,39-,40-,42+,44-/m0/s1. The van der Waals surface area contributed by atoms with E-state index in [0.29, 0.717) is 37.9 Å². The maximum Gasteiger partial charge on any atom is 0.409 e. The molecular weight excluding hydrogens is 857 g/mol. The van der Waals surface area contributed by atoms with Crippen LogP contribution in [-0.4, -0.2) is 137 Å². The van der Waals surface area contributed by atoms with E-state index in [9.17, 15) is 29.2 Å². The molecule has 4 aliphatic heterocycles. The van der Waals surface area contributed by atoms with Crippen molar-refractivity contribution in [1.29, 1.82) is 0 Å². The predicted molar refractivity (Wildman–Crippen MR) is 255 cm³/mol. The van der Waals surface area contributed by atoms with E-state index in [1.165, 1.54) is 22.0 Å². The van der Waals surface area contributed by atoms with Crippen LogP contribution in [0.1, 0.15) is 91.0 Å². The number of cyclic esters (lactones) is 1. The first kappa shape index (κ1) is 49.1. The molecule has 17 nitrogen and oxygen atoms in total. The number of fused-ring (bicyclic) bond motifs is 6. The van der Waals surface area contributed by atoms with Crippen LogP contribution < -0.4 is 10.7 Å². The van der Waals surface area contributed by atoms with Crippen LogP contribution in [0.4, 0.5) is 4.79 Å². The van der Waals surface area contributed by atoms with E-state index in [4.69, 9.17) is 19.2 Å². The molecule has 5 heterocycles. The van der Waals surface area contributed by atoms with E-state index < -0.39 is 53.5 Å². The summed E-state index contributed by atoms with van der Waals surface area (Å²) in [5.74, 6) is -2.12. The number of phenolic OH excluding ortho intramolecular Hbond substituents is 1. The quantitative estimate of drug-likeness (QED) is 0.123. The van der Waals surface area contributed by atoms with Crippen LogP contribution in [0.15, 0.2) is 47.1 Å². The summed E-state index contributed by atoms with van der Waals surface area (Å²) in [6, 6.07) is 7.86. The van der Waals surface area contributed by atoms with Crippen molar-refractivity contribution in [1.82, 2.24) is 30.2 Å². The molecule has 0 unspecified atom stereocenters. The number of aromatic hydroxyl groups is 1. The van der Waals surface area contributed by atoms with Crippen LogP contribution in [0.25, 0.3) is 27.6 Å². The van der Waals surface area contributed by atoms with Crippen LogP contribution in [-0.2, 0) is 48.0 Å². The lowest BCUT2D eigenvalue weighted by molar-refractivity contribution is -0.736. The van der Waals surface area contributed by atoms with Gasteiger partial charge in [-0.2, -0.15) is 0 Å². The van der Waals surface area contributed by atoms with Crippen molar-refractivity contribution in [2.75, 3.05) is 47.5 Å². The van der Waals surface area contributed by atoms with Crippen molar-refractivity contribution in [2.45, 2.75) is 124 Å². The van der Waals surface area contributed by atoms with Gasteiger partial charge in [-0.1, -0.05) is 46.8 Å². The van der Waals surface area contributed by atoms with Gasteiger partial charge in [0.15, 0.2) is 6.04 Å². The van der Waals surface area contributed by atoms with Gasteiger partial charge in [0.05, 0.1) is 49.7 Å². The lowest BCUT2D eigenvalue weighted by Crippen LogP contribution is -2.62. The molecule has 4 aliphatic rings. The summed E-state index contributed by atoms with van der Waals surface area (Å²) in [5.41, 5.74) is 9.99. The Labute approximate surface area is 393 Å². The topological polar surface area (TPSA) is 187 Å². The van der Waals surface area contributed by atoms with Crippen molar-refractivity contribution in [2.24, 2.45) is 22.2 Å². The zero-order chi connectivity index (χ0) is 48.5. The van der Waals surface area contributed by atoms with Crippen LogP contribution in [0.5, 0.6) is 5.75 Å². The second kappa shape index (κ2) is 20.2. The number of allylic oxidation sites excluding steroid dienone is 1. The average Bonchev–Trinajstić information content (AvgIpc) is 3.85. The number of methoxy groups -OCH3 is 2. The largest absolute Gasteiger partial charge is 0.508 e. The van der Waals surface area contributed by atoms with Crippen LogP contribution >= 0.6 is 0 Å². The molecule has 2 aromatic carbocycles. The fraction of sp³-hybridized carbons (Fsp3) is 0.580. The van der Waals surface area contributed by atoms with E-state index >= 15 is 0 Å². The minimum absolute atomic E-state index is 0.0107. The number of benzene rings is 2. The lowest BCUT2D eigenvalue weighted by Gasteiger charge is -2.36. The first-order chi connectivity index (χ1) is 31.9. The van der Waals surface area contributed by atoms with Gasteiger partial charge in [0.2, 0.25) is 5.91 Å². The summed E-state index contributed by atoms with van der Waals surface area (Å²) in [7, 11) is 4.53. The Morgan fingerprint density at radius 2 is 1.87 bits per heavy atom. The summed E-state index contributed by atoms with van der Waals surface area (Å²) in [6.07, 6.45) is 4.26. The van der Waals surface area contributed by atoms with Gasteiger partial charge in [0.1, 0.15) is 22.7 Å². The van der Waals surface area contributed by atoms with Gasteiger partial charge in [-0.15, -0.1) is 5.01 Å². The minimum Gasteiger partial charge on any atom is -0.508 e. The number of nitrogens with one attached hydrogen (secondary N) is 2. The minimum atomic E-state index is -1.18. The molecule has 17 heteroatoms. The molecule has 3 N–H and O–H groups in total. The van der Waals surface area contributed by atoms with Gasteiger partial charge < -0.3 is 34.1 Å². The third-order valence-corrected chi connectivity index (χ3v) is 13.8. The average molecular weight is 926 g/mol. The number of rotatable bonds is 10. The maximum atomic E-state index is 14.7. The highest BCUT2D eigenvalue weighted by molar-refractivity contribution is 5.95. The van der Waals surface area contributed by atoms with E-state index in [0.717, 1.165) is 62.3 Å². The van der Waals surface area contributed by atoms with E-state index in [1.807, 2.05) is 46.0 Å². The van der Waals surface area contributed by atoms with Crippen molar-refractivity contribution in [3.8, 4) is 16.9 Å². The molecule has 67 heavy (non-hydrogen) atoms. The fourth-order valence-corrected chi connectivity index (χ4v) is 10.4. The van der Waals surface area contributed by atoms with Crippen molar-refractivity contribution < 1.29 is 43.4 Å². The molecule has 0 saturated carbocycles. The zero-order valence-corrected chi connectivity index (χ0v) is 40.8. The molecule has 6 atom stereocenters. The van der Waals surface area contributed by atoms with Crippen molar-refractivity contribution in [3.05, 3.63) is 63.8 Å². The highest BCUT2D eigenvalue weighted by atomic mass is 16.5.